The molecule has 1 aliphatic carbocycles. The fourth-order valence-corrected chi connectivity index (χ4v) is 3.17. The van der Waals surface area contributed by atoms with E-state index < -0.39 is 30.0 Å². The molecule has 0 aliphatic heterocycles. The summed E-state index contributed by atoms with van der Waals surface area (Å²) in [5.41, 5.74) is 0. The maximum absolute atomic E-state index is 11.9. The van der Waals surface area contributed by atoms with E-state index in [0.717, 1.165) is 32.1 Å². The van der Waals surface area contributed by atoms with Crippen LogP contribution in [0.25, 0.3) is 0 Å². The maximum Gasteiger partial charge on any atom is 0.370 e. The van der Waals surface area contributed by atoms with Crippen molar-refractivity contribution in [3.63, 3.8) is 0 Å². The molecule has 0 aromatic heterocycles. The molecule has 1 aliphatic rings. The van der Waals surface area contributed by atoms with Gasteiger partial charge in [0.15, 0.2) is 0 Å². The van der Waals surface area contributed by atoms with Crippen molar-refractivity contribution < 1.29 is 33.4 Å². The Labute approximate surface area is 157 Å². The van der Waals surface area contributed by atoms with Gasteiger partial charge >= 0.3 is 17.2 Å². The van der Waals surface area contributed by atoms with Crippen LogP contribution in [0.2, 0.25) is 0 Å². The lowest BCUT2D eigenvalue weighted by molar-refractivity contribution is -0.157. The number of nitrogens with one attached hydrogen (secondary N) is 1. The Morgan fingerprint density at radius 3 is 2.31 bits per heavy atom. The number of carbonyl (C=O) groups excluding carboxylic acids is 4. The van der Waals surface area contributed by atoms with Crippen molar-refractivity contribution in [2.45, 2.75) is 65.0 Å². The largest absolute Gasteiger partial charge is 0.461 e. The average Bonchev–Trinajstić information content (AvgIpc) is 2.58. The zero-order valence-electron chi connectivity index (χ0n) is 15.4. The molecule has 0 bridgehead atoms. The first-order valence-electron chi connectivity index (χ1n) is 8.73. The Kier molecular flexibility index (Phi) is 10.1. The van der Waals surface area contributed by atoms with Crippen molar-refractivity contribution in [3.05, 3.63) is 0 Å². The van der Waals surface area contributed by atoms with E-state index in [1.807, 2.05) is 0 Å². The first-order chi connectivity index (χ1) is 12.3. The van der Waals surface area contributed by atoms with Crippen LogP contribution in [0.15, 0.2) is 0 Å². The first kappa shape index (κ1) is 22.3. The highest BCUT2D eigenvalue weighted by atomic mass is 32.2. The third kappa shape index (κ3) is 9.07. The van der Waals surface area contributed by atoms with Gasteiger partial charge in [0, 0.05) is 12.7 Å². The smallest absolute Gasteiger partial charge is 0.370 e. The molecule has 0 radical (unpaired) electrons. The molecule has 0 unspecified atom stereocenters. The van der Waals surface area contributed by atoms with E-state index in [1.54, 1.807) is 13.8 Å². The summed E-state index contributed by atoms with van der Waals surface area (Å²) >= 11 is 0.701. The van der Waals surface area contributed by atoms with Crippen molar-refractivity contribution in [1.29, 1.82) is 0 Å². The zero-order chi connectivity index (χ0) is 19.5. The van der Waals surface area contributed by atoms with E-state index in [4.69, 9.17) is 14.2 Å². The van der Waals surface area contributed by atoms with E-state index in [1.165, 1.54) is 6.92 Å². The molecule has 1 amide bonds. The van der Waals surface area contributed by atoms with Crippen molar-refractivity contribution in [1.82, 2.24) is 5.32 Å². The fourth-order valence-electron chi connectivity index (χ4n) is 2.51. The van der Waals surface area contributed by atoms with Gasteiger partial charge in [-0.2, -0.15) is 0 Å². The van der Waals surface area contributed by atoms with Crippen LogP contribution < -0.4 is 5.32 Å². The maximum atomic E-state index is 11.9. The highest BCUT2D eigenvalue weighted by Gasteiger charge is 2.25. The van der Waals surface area contributed by atoms with Crippen LogP contribution in [0, 0.1) is 5.92 Å². The molecule has 26 heavy (non-hydrogen) atoms. The summed E-state index contributed by atoms with van der Waals surface area (Å²) in [6.45, 7) is 4.18. The Bertz CT molecular complexity index is 503. The highest BCUT2D eigenvalue weighted by Crippen LogP contribution is 2.24. The van der Waals surface area contributed by atoms with Gasteiger partial charge < -0.3 is 19.5 Å². The van der Waals surface area contributed by atoms with Gasteiger partial charge in [0.1, 0.15) is 6.04 Å². The van der Waals surface area contributed by atoms with Crippen molar-refractivity contribution in [2.75, 3.05) is 12.5 Å². The van der Waals surface area contributed by atoms with Gasteiger partial charge in [-0.05, 0) is 38.5 Å². The molecule has 9 heteroatoms. The van der Waals surface area contributed by atoms with Gasteiger partial charge in [-0.25, -0.2) is 9.59 Å². The third-order valence-electron chi connectivity index (χ3n) is 3.70. The molecular formula is C17H27NO7S. The molecule has 0 aromatic carbocycles. The first-order valence-corrected chi connectivity index (χ1v) is 9.72. The number of carbonyl (C=O) groups is 4. The summed E-state index contributed by atoms with van der Waals surface area (Å²) in [6, 6.07) is -0.961. The minimum absolute atomic E-state index is 0.0411. The van der Waals surface area contributed by atoms with Crippen molar-refractivity contribution >= 4 is 34.9 Å². The number of hydrogen-bond acceptors (Lipinski definition) is 8. The predicted octanol–water partition coefficient (Wildman–Crippen LogP) is 2.39. The van der Waals surface area contributed by atoms with E-state index in [0.29, 0.717) is 11.8 Å². The van der Waals surface area contributed by atoms with E-state index in [-0.39, 0.29) is 23.7 Å². The predicted molar refractivity (Wildman–Crippen MR) is 95.3 cm³/mol. The minimum Gasteiger partial charge on any atom is -0.461 e. The standard InChI is InChI=1S/C17H27NO7S/c1-11(2)25-16(21)14(18-12(3)19)9-26-17(22)24-10-23-15(20)13-7-5-4-6-8-13/h11,13-14H,4-10H2,1-3H3,(H,18,19)/t14-/m0/s1. The lowest BCUT2D eigenvalue weighted by atomic mass is 9.89. The second kappa shape index (κ2) is 11.8. The molecule has 1 atom stereocenters. The molecule has 0 heterocycles. The molecule has 1 fully saturated rings. The second-order valence-electron chi connectivity index (χ2n) is 6.36. The number of hydrogen-bond donors (Lipinski definition) is 1. The molecule has 8 nitrogen and oxygen atoms in total. The zero-order valence-corrected chi connectivity index (χ0v) is 16.3. The Hall–Kier alpha value is -1.77. The fraction of sp³-hybridized carbons (Fsp3) is 0.765. The number of amides is 1. The molecular weight excluding hydrogens is 362 g/mol. The molecule has 0 aromatic rings. The lowest BCUT2D eigenvalue weighted by Crippen LogP contribution is -2.43. The van der Waals surface area contributed by atoms with Crippen molar-refractivity contribution in [2.24, 2.45) is 5.92 Å². The average molecular weight is 389 g/mol. The van der Waals surface area contributed by atoms with E-state index in [9.17, 15) is 19.2 Å². The van der Waals surface area contributed by atoms with Crippen LogP contribution in [0.1, 0.15) is 52.9 Å². The monoisotopic (exact) mass is 389 g/mol. The molecule has 1 saturated carbocycles. The third-order valence-corrected chi connectivity index (χ3v) is 4.55. The number of esters is 2. The van der Waals surface area contributed by atoms with Crippen LogP contribution in [0.4, 0.5) is 4.79 Å². The van der Waals surface area contributed by atoms with Gasteiger partial charge in [-0.1, -0.05) is 19.3 Å². The normalized spacial score (nSPS) is 15.8. The summed E-state index contributed by atoms with van der Waals surface area (Å²) in [5.74, 6) is -1.55. The number of ether oxygens (including phenoxy) is 3. The van der Waals surface area contributed by atoms with Gasteiger partial charge in [-0.3, -0.25) is 9.59 Å². The minimum atomic E-state index is -0.961. The van der Waals surface area contributed by atoms with Crippen LogP contribution in [-0.4, -0.2) is 47.8 Å². The van der Waals surface area contributed by atoms with Crippen LogP contribution in [-0.2, 0) is 28.6 Å². The Morgan fingerprint density at radius 2 is 1.73 bits per heavy atom. The summed E-state index contributed by atoms with van der Waals surface area (Å²) in [4.78, 5) is 46.6. The van der Waals surface area contributed by atoms with E-state index >= 15 is 0 Å². The molecule has 0 spiro atoms. The molecule has 1 rings (SSSR count). The topological polar surface area (TPSA) is 108 Å². The quantitative estimate of drug-likeness (QED) is 0.498. The Morgan fingerprint density at radius 1 is 1.08 bits per heavy atom. The van der Waals surface area contributed by atoms with Crippen LogP contribution in [0.5, 0.6) is 0 Å². The number of thioether (sulfide) groups is 1. The molecule has 0 saturated heterocycles. The van der Waals surface area contributed by atoms with Gasteiger partial charge in [0.05, 0.1) is 12.0 Å². The van der Waals surface area contributed by atoms with E-state index in [2.05, 4.69) is 5.32 Å². The molecule has 148 valence electrons. The summed E-state index contributed by atoms with van der Waals surface area (Å²) < 4.78 is 14.8. The SMILES string of the molecule is CC(=O)N[C@@H](CSC(=O)OCOC(=O)C1CCCCC1)C(=O)OC(C)C. The van der Waals surface area contributed by atoms with Crippen LogP contribution in [0.3, 0.4) is 0 Å². The lowest BCUT2D eigenvalue weighted by Gasteiger charge is -2.19. The van der Waals surface area contributed by atoms with Crippen LogP contribution >= 0.6 is 11.8 Å². The summed E-state index contributed by atoms with van der Waals surface area (Å²) in [6.07, 6.45) is 4.41. The van der Waals surface area contributed by atoms with Gasteiger partial charge in [-0.15, -0.1) is 0 Å². The number of rotatable bonds is 8. The summed E-state index contributed by atoms with van der Waals surface area (Å²) in [5, 5.41) is 1.73. The summed E-state index contributed by atoms with van der Waals surface area (Å²) in [7, 11) is 0. The van der Waals surface area contributed by atoms with Gasteiger partial charge in [0.25, 0.3) is 0 Å². The molecule has 1 N–H and O–H groups in total. The highest BCUT2D eigenvalue weighted by molar-refractivity contribution is 8.13. The Balaban J connectivity index is 2.31. The van der Waals surface area contributed by atoms with Crippen molar-refractivity contribution in [3.8, 4) is 0 Å². The second-order valence-corrected chi connectivity index (χ2v) is 7.32. The van der Waals surface area contributed by atoms with Gasteiger partial charge in [0.2, 0.25) is 12.7 Å².